The number of amides is 1. The minimum Gasteiger partial charge on any atom is -0.497 e. The van der Waals surface area contributed by atoms with Crippen LogP contribution in [0.25, 0.3) is 16.5 Å². The van der Waals surface area contributed by atoms with Gasteiger partial charge in [-0.25, -0.2) is 0 Å². The highest BCUT2D eigenvalue weighted by atomic mass is 32.1. The fraction of sp³-hybridized carbons (Fsp3) is 0.156. The average Bonchev–Trinajstić information content (AvgIpc) is 3.61. The van der Waals surface area contributed by atoms with Crippen molar-refractivity contribution in [1.82, 2.24) is 19.8 Å². The van der Waals surface area contributed by atoms with E-state index >= 15 is 0 Å². The summed E-state index contributed by atoms with van der Waals surface area (Å²) < 4.78 is 7.62. The Bertz CT molecular complexity index is 1660. The van der Waals surface area contributed by atoms with Crippen molar-refractivity contribution in [1.29, 1.82) is 0 Å². The molecule has 3 heterocycles. The molecule has 0 spiro atoms. The molecule has 2 aromatic heterocycles. The van der Waals surface area contributed by atoms with Crippen molar-refractivity contribution in [2.45, 2.75) is 18.5 Å². The number of rotatable bonds is 8. The average molecular weight is 548 g/mol. The van der Waals surface area contributed by atoms with Gasteiger partial charge in [0.15, 0.2) is 5.11 Å². The molecule has 1 fully saturated rings. The largest absolute Gasteiger partial charge is 0.497 e. The maximum Gasteiger partial charge on any atom is 0.226 e. The number of benzene rings is 3. The van der Waals surface area contributed by atoms with E-state index in [2.05, 4.69) is 31.2 Å². The molecule has 8 heteroatoms. The van der Waals surface area contributed by atoms with Gasteiger partial charge in [0.25, 0.3) is 0 Å². The summed E-state index contributed by atoms with van der Waals surface area (Å²) in [5.41, 5.74) is 3.70. The molecule has 7 nitrogen and oxygen atoms in total. The van der Waals surface area contributed by atoms with Gasteiger partial charge in [-0.3, -0.25) is 9.78 Å². The number of methoxy groups -OCH3 is 1. The topological polar surface area (TPSA) is 71.4 Å². The van der Waals surface area contributed by atoms with E-state index in [1.807, 2.05) is 97.2 Å². The van der Waals surface area contributed by atoms with Gasteiger partial charge in [0.05, 0.1) is 24.9 Å². The van der Waals surface area contributed by atoms with Gasteiger partial charge in [-0.2, -0.15) is 0 Å². The molecule has 0 aliphatic carbocycles. The number of nitrogens with zero attached hydrogens (tertiary/aromatic N) is 3. The van der Waals surface area contributed by atoms with Gasteiger partial charge in [0, 0.05) is 53.9 Å². The lowest BCUT2D eigenvalue weighted by Crippen LogP contribution is -2.33. The Kier molecular flexibility index (Phi) is 7.16. The predicted molar refractivity (Wildman–Crippen MR) is 162 cm³/mol. The third kappa shape index (κ3) is 5.01. The second kappa shape index (κ2) is 11.2. The molecule has 2 N–H and O–H groups in total. The van der Waals surface area contributed by atoms with Crippen molar-refractivity contribution in [3.05, 3.63) is 121 Å². The van der Waals surface area contributed by atoms with Crippen molar-refractivity contribution in [3.8, 4) is 11.4 Å². The quantitative estimate of drug-likeness (QED) is 0.231. The molecule has 6 rings (SSSR count). The number of anilines is 1. The van der Waals surface area contributed by atoms with Crippen LogP contribution in [0.3, 0.4) is 0 Å². The number of carbonyl (C=O) groups excluding carboxylic acids is 1. The van der Waals surface area contributed by atoms with Crippen LogP contribution in [-0.4, -0.2) is 39.1 Å². The number of hydrogen-bond acceptors (Lipinski definition) is 4. The van der Waals surface area contributed by atoms with Crippen LogP contribution in [-0.2, 0) is 4.79 Å². The van der Waals surface area contributed by atoms with Gasteiger partial charge < -0.3 is 24.8 Å². The second-order valence-electron chi connectivity index (χ2n) is 9.65. The summed E-state index contributed by atoms with van der Waals surface area (Å²) in [5, 5.41) is 9.28. The molecule has 0 unspecified atom stereocenters. The number of thiocarbonyl (C=S) groups is 1. The molecule has 1 aliphatic rings. The summed E-state index contributed by atoms with van der Waals surface area (Å²) in [6.07, 6.45) is 4.10. The Morgan fingerprint density at radius 3 is 2.67 bits per heavy atom. The first kappa shape index (κ1) is 25.6. The Hall–Kier alpha value is -4.69. The molecule has 1 aliphatic heterocycles. The number of ether oxygens (including phenoxy) is 1. The van der Waals surface area contributed by atoms with E-state index in [-0.39, 0.29) is 24.4 Å². The van der Waals surface area contributed by atoms with Gasteiger partial charge in [-0.1, -0.05) is 48.5 Å². The van der Waals surface area contributed by atoms with E-state index in [9.17, 15) is 4.79 Å². The third-order valence-electron chi connectivity index (χ3n) is 7.26. The van der Waals surface area contributed by atoms with Gasteiger partial charge in [-0.15, -0.1) is 0 Å². The molecule has 0 bridgehead atoms. The molecule has 2 atom stereocenters. The standard InChI is InChI=1S/C32H29N5O2S/c1-39-24-12-7-11-23(21-24)36-19-8-16-28(36)31-30(27-14-4-5-18-33-27)35-32(40)37(31)20-17-29(38)34-26-15-6-10-22-9-2-3-13-25(22)26/h2-16,18-19,21,30-31H,17,20H2,1H3,(H,34,38)(H,35,40)/t30-,31-/m0/s1. The van der Waals surface area contributed by atoms with E-state index in [0.717, 1.165) is 39.3 Å². The van der Waals surface area contributed by atoms with Crippen LogP contribution in [0.15, 0.2) is 109 Å². The second-order valence-corrected chi connectivity index (χ2v) is 10.0. The molecule has 200 valence electrons. The minimum atomic E-state index is -0.186. The van der Waals surface area contributed by atoms with Crippen molar-refractivity contribution < 1.29 is 9.53 Å². The maximum atomic E-state index is 13.2. The van der Waals surface area contributed by atoms with Crippen molar-refractivity contribution in [3.63, 3.8) is 0 Å². The van der Waals surface area contributed by atoms with Crippen LogP contribution < -0.4 is 15.4 Å². The van der Waals surface area contributed by atoms with Crippen LogP contribution >= 0.6 is 12.2 Å². The van der Waals surface area contributed by atoms with Crippen LogP contribution in [0.4, 0.5) is 5.69 Å². The van der Waals surface area contributed by atoms with E-state index < -0.39 is 0 Å². The van der Waals surface area contributed by atoms with Crippen molar-refractivity contribution in [2.24, 2.45) is 0 Å². The number of hydrogen-bond donors (Lipinski definition) is 2. The predicted octanol–water partition coefficient (Wildman–Crippen LogP) is 6.04. The Morgan fingerprint density at radius 1 is 1.00 bits per heavy atom. The van der Waals surface area contributed by atoms with Gasteiger partial charge in [0.2, 0.25) is 5.91 Å². The number of fused-ring (bicyclic) bond motifs is 1. The summed E-state index contributed by atoms with van der Waals surface area (Å²) in [6.45, 7) is 0.444. The summed E-state index contributed by atoms with van der Waals surface area (Å²) in [6, 6.07) is 31.5. The zero-order chi connectivity index (χ0) is 27.5. The molecule has 0 radical (unpaired) electrons. The highest BCUT2D eigenvalue weighted by Crippen LogP contribution is 2.40. The number of carbonyl (C=O) groups is 1. The van der Waals surface area contributed by atoms with E-state index in [1.54, 1.807) is 13.3 Å². The molecular formula is C32H29N5O2S. The molecule has 3 aromatic carbocycles. The van der Waals surface area contributed by atoms with E-state index in [1.165, 1.54) is 0 Å². The maximum absolute atomic E-state index is 13.2. The highest BCUT2D eigenvalue weighted by molar-refractivity contribution is 7.80. The first-order valence-electron chi connectivity index (χ1n) is 13.2. The zero-order valence-corrected chi connectivity index (χ0v) is 22.8. The van der Waals surface area contributed by atoms with Gasteiger partial charge in [-0.05, 0) is 60.1 Å². The van der Waals surface area contributed by atoms with E-state index in [4.69, 9.17) is 17.0 Å². The lowest BCUT2D eigenvalue weighted by molar-refractivity contribution is -0.116. The Labute approximate surface area is 238 Å². The molecular weight excluding hydrogens is 518 g/mol. The fourth-order valence-electron chi connectivity index (χ4n) is 5.37. The van der Waals surface area contributed by atoms with Gasteiger partial charge in [0.1, 0.15) is 5.75 Å². The summed E-state index contributed by atoms with van der Waals surface area (Å²) in [4.78, 5) is 19.9. The molecule has 1 amide bonds. The summed E-state index contributed by atoms with van der Waals surface area (Å²) in [7, 11) is 1.66. The van der Waals surface area contributed by atoms with Crippen LogP contribution in [0.1, 0.15) is 29.9 Å². The van der Waals surface area contributed by atoms with Gasteiger partial charge >= 0.3 is 0 Å². The number of aromatic nitrogens is 2. The normalized spacial score (nSPS) is 16.6. The van der Waals surface area contributed by atoms with Crippen LogP contribution in [0.5, 0.6) is 5.75 Å². The number of pyridine rings is 1. The first-order valence-corrected chi connectivity index (χ1v) is 13.6. The smallest absolute Gasteiger partial charge is 0.226 e. The van der Waals surface area contributed by atoms with Crippen molar-refractivity contribution in [2.75, 3.05) is 19.0 Å². The lowest BCUT2D eigenvalue weighted by Gasteiger charge is -2.29. The molecule has 5 aromatic rings. The summed E-state index contributed by atoms with van der Waals surface area (Å²) >= 11 is 5.84. The Balaban J connectivity index is 1.29. The van der Waals surface area contributed by atoms with Crippen molar-refractivity contribution >= 4 is 39.7 Å². The first-order chi connectivity index (χ1) is 19.6. The molecule has 1 saturated heterocycles. The fourth-order valence-corrected chi connectivity index (χ4v) is 5.70. The Morgan fingerprint density at radius 2 is 1.82 bits per heavy atom. The number of nitrogens with one attached hydrogen (secondary N) is 2. The van der Waals surface area contributed by atoms with Crippen LogP contribution in [0, 0.1) is 0 Å². The molecule has 0 saturated carbocycles. The molecule has 40 heavy (non-hydrogen) atoms. The van der Waals surface area contributed by atoms with Crippen LogP contribution in [0.2, 0.25) is 0 Å². The third-order valence-corrected chi connectivity index (χ3v) is 7.61. The SMILES string of the molecule is COc1cccc(-n2cccc2[C@H]2[C@H](c3ccccn3)NC(=S)N2CCC(=O)Nc2cccc3ccccc23)c1. The lowest BCUT2D eigenvalue weighted by atomic mass is 10.0. The zero-order valence-electron chi connectivity index (χ0n) is 22.0. The van der Waals surface area contributed by atoms with E-state index in [0.29, 0.717) is 11.7 Å². The minimum absolute atomic E-state index is 0.0673. The monoisotopic (exact) mass is 547 g/mol. The highest BCUT2D eigenvalue weighted by Gasteiger charge is 2.41. The summed E-state index contributed by atoms with van der Waals surface area (Å²) in [5.74, 6) is 0.711.